The van der Waals surface area contributed by atoms with Crippen molar-refractivity contribution in [2.75, 3.05) is 6.54 Å². The molecule has 19 heavy (non-hydrogen) atoms. The van der Waals surface area contributed by atoms with E-state index in [1.54, 1.807) is 0 Å². The van der Waals surface area contributed by atoms with Gasteiger partial charge in [0.25, 0.3) is 0 Å². The van der Waals surface area contributed by atoms with Crippen LogP contribution in [0.5, 0.6) is 0 Å². The molecular formula is C15H17NO3. The molecule has 0 unspecified atom stereocenters. The molecule has 0 bridgehead atoms. The second-order valence-corrected chi connectivity index (χ2v) is 5.39. The minimum Gasteiger partial charge on any atom is -0.481 e. The Labute approximate surface area is 112 Å². The number of aliphatic carboxylic acids is 1. The van der Waals surface area contributed by atoms with Crippen LogP contribution in [0.15, 0.2) is 30.3 Å². The van der Waals surface area contributed by atoms with E-state index in [1.807, 2.05) is 35.2 Å². The first-order chi connectivity index (χ1) is 9.18. The van der Waals surface area contributed by atoms with Gasteiger partial charge in [-0.25, -0.2) is 0 Å². The summed E-state index contributed by atoms with van der Waals surface area (Å²) in [6, 6.07) is 10.1. The standard InChI is InChI=1S/C15H17NO3/c17-14(11-9-12(11)15(18)19)16-8-4-7-13(16)10-5-2-1-3-6-10/h1-3,5-6,11-13H,4,7-9H2,(H,18,19)/t11-,12+,13+/m0/s1. The lowest BCUT2D eigenvalue weighted by Gasteiger charge is -2.25. The molecule has 0 spiro atoms. The summed E-state index contributed by atoms with van der Waals surface area (Å²) in [6.07, 6.45) is 2.47. The maximum Gasteiger partial charge on any atom is 0.307 e. The molecule has 1 heterocycles. The maximum atomic E-state index is 12.4. The number of carboxylic acids is 1. The van der Waals surface area contributed by atoms with Crippen molar-refractivity contribution in [1.29, 1.82) is 0 Å². The second kappa shape index (κ2) is 4.68. The summed E-state index contributed by atoms with van der Waals surface area (Å²) < 4.78 is 0. The van der Waals surface area contributed by atoms with E-state index < -0.39 is 11.9 Å². The Balaban J connectivity index is 1.74. The van der Waals surface area contributed by atoms with Crippen LogP contribution < -0.4 is 0 Å². The molecule has 2 fully saturated rings. The normalized spacial score (nSPS) is 29.3. The van der Waals surface area contributed by atoms with E-state index in [4.69, 9.17) is 5.11 Å². The van der Waals surface area contributed by atoms with Gasteiger partial charge < -0.3 is 10.0 Å². The first kappa shape index (κ1) is 12.2. The van der Waals surface area contributed by atoms with Gasteiger partial charge in [-0.1, -0.05) is 30.3 Å². The molecule has 1 N–H and O–H groups in total. The van der Waals surface area contributed by atoms with E-state index in [0.29, 0.717) is 6.42 Å². The van der Waals surface area contributed by atoms with Crippen molar-refractivity contribution in [3.63, 3.8) is 0 Å². The van der Waals surface area contributed by atoms with Crippen LogP contribution >= 0.6 is 0 Å². The van der Waals surface area contributed by atoms with Crippen LogP contribution in [0.3, 0.4) is 0 Å². The minimum atomic E-state index is -0.839. The fourth-order valence-electron chi connectivity index (χ4n) is 3.01. The highest BCUT2D eigenvalue weighted by Crippen LogP contribution is 2.43. The van der Waals surface area contributed by atoms with Gasteiger partial charge in [0, 0.05) is 6.54 Å². The molecule has 2 aliphatic rings. The Kier molecular flexibility index (Phi) is 3.01. The number of carbonyl (C=O) groups excluding carboxylic acids is 1. The summed E-state index contributed by atoms with van der Waals surface area (Å²) in [5.41, 5.74) is 1.15. The van der Waals surface area contributed by atoms with Gasteiger partial charge in [0.05, 0.1) is 17.9 Å². The first-order valence-electron chi connectivity index (χ1n) is 6.76. The number of rotatable bonds is 3. The third-order valence-corrected chi connectivity index (χ3v) is 4.15. The molecule has 1 amide bonds. The van der Waals surface area contributed by atoms with Crippen molar-refractivity contribution in [3.8, 4) is 0 Å². The smallest absolute Gasteiger partial charge is 0.307 e. The van der Waals surface area contributed by atoms with Crippen LogP contribution in [0.1, 0.15) is 30.9 Å². The molecule has 1 aromatic rings. The van der Waals surface area contributed by atoms with E-state index in [1.165, 1.54) is 0 Å². The number of benzene rings is 1. The number of carboxylic acid groups (broad SMARTS) is 1. The molecule has 3 rings (SSSR count). The van der Waals surface area contributed by atoms with Gasteiger partial charge in [-0.15, -0.1) is 0 Å². The predicted molar refractivity (Wildman–Crippen MR) is 69.4 cm³/mol. The molecule has 1 saturated carbocycles. The summed E-state index contributed by atoms with van der Waals surface area (Å²) in [7, 11) is 0. The van der Waals surface area contributed by atoms with Crippen molar-refractivity contribution in [2.24, 2.45) is 11.8 Å². The molecule has 3 atom stereocenters. The zero-order chi connectivity index (χ0) is 13.4. The van der Waals surface area contributed by atoms with Crippen LogP contribution in [0.4, 0.5) is 0 Å². The van der Waals surface area contributed by atoms with Gasteiger partial charge in [0.15, 0.2) is 0 Å². The predicted octanol–water partition coefficient (Wildman–Crippen LogP) is 2.07. The molecule has 1 aliphatic heterocycles. The largest absolute Gasteiger partial charge is 0.481 e. The Bertz CT molecular complexity index is 499. The lowest BCUT2D eigenvalue weighted by Crippen LogP contribution is -2.32. The highest BCUT2D eigenvalue weighted by Gasteiger charge is 2.51. The number of hydrogen-bond donors (Lipinski definition) is 1. The van der Waals surface area contributed by atoms with E-state index in [9.17, 15) is 9.59 Å². The van der Waals surface area contributed by atoms with Crippen molar-refractivity contribution >= 4 is 11.9 Å². The molecule has 1 aromatic carbocycles. The number of likely N-dealkylation sites (tertiary alicyclic amines) is 1. The monoisotopic (exact) mass is 259 g/mol. The number of carbonyl (C=O) groups is 2. The SMILES string of the molecule is O=C(O)[C@@H]1C[C@@H]1C(=O)N1CCC[C@@H]1c1ccccc1. The number of hydrogen-bond acceptors (Lipinski definition) is 2. The summed E-state index contributed by atoms with van der Waals surface area (Å²) in [6.45, 7) is 0.751. The van der Waals surface area contributed by atoms with Crippen LogP contribution in [0.2, 0.25) is 0 Å². The molecule has 100 valence electrons. The van der Waals surface area contributed by atoms with E-state index in [-0.39, 0.29) is 17.9 Å². The van der Waals surface area contributed by atoms with Crippen molar-refractivity contribution in [2.45, 2.75) is 25.3 Å². The molecule has 4 nitrogen and oxygen atoms in total. The molecule has 0 aromatic heterocycles. The van der Waals surface area contributed by atoms with Crippen LogP contribution in [-0.2, 0) is 9.59 Å². The number of amides is 1. The minimum absolute atomic E-state index is 0.0266. The average molecular weight is 259 g/mol. The number of nitrogens with zero attached hydrogens (tertiary/aromatic N) is 1. The third kappa shape index (κ3) is 2.23. The molecule has 1 aliphatic carbocycles. The van der Waals surface area contributed by atoms with Gasteiger partial charge in [-0.3, -0.25) is 9.59 Å². The summed E-state index contributed by atoms with van der Waals surface area (Å²) >= 11 is 0. The lowest BCUT2D eigenvalue weighted by atomic mass is 10.0. The highest BCUT2D eigenvalue weighted by atomic mass is 16.4. The Morgan fingerprint density at radius 1 is 1.16 bits per heavy atom. The molecular weight excluding hydrogens is 242 g/mol. The molecule has 4 heteroatoms. The highest BCUT2D eigenvalue weighted by molar-refractivity contribution is 5.89. The van der Waals surface area contributed by atoms with Crippen LogP contribution in [0.25, 0.3) is 0 Å². The van der Waals surface area contributed by atoms with E-state index >= 15 is 0 Å². The zero-order valence-electron chi connectivity index (χ0n) is 10.7. The lowest BCUT2D eigenvalue weighted by molar-refractivity contribution is -0.142. The fourth-order valence-corrected chi connectivity index (χ4v) is 3.01. The van der Waals surface area contributed by atoms with Crippen molar-refractivity contribution in [3.05, 3.63) is 35.9 Å². The topological polar surface area (TPSA) is 57.6 Å². The summed E-state index contributed by atoms with van der Waals surface area (Å²) in [5.74, 6) is -1.56. The van der Waals surface area contributed by atoms with Gasteiger partial charge >= 0.3 is 5.97 Å². The fraction of sp³-hybridized carbons (Fsp3) is 0.467. The molecule has 0 radical (unpaired) electrons. The van der Waals surface area contributed by atoms with Crippen molar-refractivity contribution in [1.82, 2.24) is 4.90 Å². The van der Waals surface area contributed by atoms with Gasteiger partial charge in [-0.2, -0.15) is 0 Å². The molecule has 1 saturated heterocycles. The maximum absolute atomic E-state index is 12.4. The quantitative estimate of drug-likeness (QED) is 0.904. The Morgan fingerprint density at radius 3 is 2.53 bits per heavy atom. The van der Waals surface area contributed by atoms with Gasteiger partial charge in [0.2, 0.25) is 5.91 Å². The first-order valence-corrected chi connectivity index (χ1v) is 6.76. The summed E-state index contributed by atoms with van der Waals surface area (Å²) in [5, 5.41) is 8.93. The Hall–Kier alpha value is -1.84. The van der Waals surface area contributed by atoms with Gasteiger partial charge in [-0.05, 0) is 24.8 Å². The Morgan fingerprint density at radius 2 is 1.89 bits per heavy atom. The van der Waals surface area contributed by atoms with Crippen LogP contribution in [-0.4, -0.2) is 28.4 Å². The van der Waals surface area contributed by atoms with Crippen molar-refractivity contribution < 1.29 is 14.7 Å². The zero-order valence-corrected chi connectivity index (χ0v) is 10.7. The third-order valence-electron chi connectivity index (χ3n) is 4.15. The summed E-state index contributed by atoms with van der Waals surface area (Å²) in [4.78, 5) is 25.1. The average Bonchev–Trinajstić information content (AvgIpc) is 3.08. The second-order valence-electron chi connectivity index (χ2n) is 5.39. The van der Waals surface area contributed by atoms with Gasteiger partial charge in [0.1, 0.15) is 0 Å². The van der Waals surface area contributed by atoms with Crippen LogP contribution in [0, 0.1) is 11.8 Å². The van der Waals surface area contributed by atoms with E-state index in [2.05, 4.69) is 0 Å². The van der Waals surface area contributed by atoms with E-state index in [0.717, 1.165) is 24.9 Å².